The molecule has 188 valence electrons. The van der Waals surface area contributed by atoms with E-state index in [4.69, 9.17) is 9.84 Å². The molecule has 1 heterocycles. The number of thioether (sulfide) groups is 1. The van der Waals surface area contributed by atoms with Gasteiger partial charge in [-0.15, -0.1) is 16.8 Å². The molecule has 0 saturated carbocycles. The number of hydrogen-bond donors (Lipinski definition) is 4. The van der Waals surface area contributed by atoms with Gasteiger partial charge < -0.3 is 30.2 Å². The number of benzene rings is 2. The van der Waals surface area contributed by atoms with Crippen molar-refractivity contribution < 1.29 is 29.3 Å². The zero-order valence-electron chi connectivity index (χ0n) is 19.4. The van der Waals surface area contributed by atoms with E-state index in [0.29, 0.717) is 28.0 Å². The molecule has 11 nitrogen and oxygen atoms in total. The number of anilines is 1. The molecule has 0 aliphatic carbocycles. The molecule has 0 fully saturated rings. The number of rotatable bonds is 12. The van der Waals surface area contributed by atoms with Gasteiger partial charge in [0.25, 0.3) is 5.91 Å². The first-order valence-electron chi connectivity index (χ1n) is 10.7. The van der Waals surface area contributed by atoms with E-state index in [1.54, 1.807) is 41.0 Å². The van der Waals surface area contributed by atoms with Crippen LogP contribution in [0.3, 0.4) is 0 Å². The lowest BCUT2D eigenvalue weighted by Gasteiger charge is -2.17. The largest absolute Gasteiger partial charge is 0.497 e. The molecule has 0 bridgehead atoms. The maximum absolute atomic E-state index is 12.7. The lowest BCUT2D eigenvalue weighted by atomic mass is 10.2. The molecule has 0 spiro atoms. The van der Waals surface area contributed by atoms with Crippen LogP contribution in [0.25, 0.3) is 0 Å². The van der Waals surface area contributed by atoms with Gasteiger partial charge in [-0.3, -0.25) is 9.59 Å². The highest BCUT2D eigenvalue weighted by molar-refractivity contribution is 7.99. The molecule has 0 aliphatic rings. The van der Waals surface area contributed by atoms with E-state index in [0.717, 1.165) is 11.8 Å². The zero-order valence-corrected chi connectivity index (χ0v) is 20.2. The number of aliphatic hydroxyl groups excluding tert-OH is 1. The smallest absolute Gasteiger partial charge is 0.335 e. The average molecular weight is 512 g/mol. The van der Waals surface area contributed by atoms with Gasteiger partial charge in [-0.1, -0.05) is 23.9 Å². The fourth-order valence-corrected chi connectivity index (χ4v) is 3.95. The van der Waals surface area contributed by atoms with Gasteiger partial charge in [-0.05, 0) is 42.5 Å². The fraction of sp³-hybridized carbons (Fsp3) is 0.208. The summed E-state index contributed by atoms with van der Waals surface area (Å²) in [6.07, 6.45) is 1.61. The van der Waals surface area contributed by atoms with E-state index >= 15 is 0 Å². The lowest BCUT2D eigenvalue weighted by molar-refractivity contribution is -0.113. The van der Waals surface area contributed by atoms with Crippen LogP contribution in [0.15, 0.2) is 66.3 Å². The van der Waals surface area contributed by atoms with Crippen molar-refractivity contribution in [3.63, 3.8) is 0 Å². The third-order valence-electron chi connectivity index (χ3n) is 4.93. The van der Waals surface area contributed by atoms with Crippen LogP contribution in [0.2, 0.25) is 0 Å². The van der Waals surface area contributed by atoms with Gasteiger partial charge in [0, 0.05) is 17.8 Å². The number of hydrogen-bond acceptors (Lipinski definition) is 8. The number of methoxy groups -OCH3 is 1. The summed E-state index contributed by atoms with van der Waals surface area (Å²) in [7, 11) is 1.53. The van der Waals surface area contributed by atoms with Crippen molar-refractivity contribution >= 4 is 35.2 Å². The topological polar surface area (TPSA) is 156 Å². The summed E-state index contributed by atoms with van der Waals surface area (Å²) < 4.78 is 6.74. The summed E-state index contributed by atoms with van der Waals surface area (Å²) in [5.41, 5.74) is 0.792. The van der Waals surface area contributed by atoms with Crippen molar-refractivity contribution in [2.24, 2.45) is 0 Å². The van der Waals surface area contributed by atoms with E-state index in [-0.39, 0.29) is 23.8 Å². The second kappa shape index (κ2) is 12.5. The molecule has 2 amide bonds. The number of aromatic nitrogens is 3. The quantitative estimate of drug-likeness (QED) is 0.212. The normalized spacial score (nSPS) is 11.4. The maximum atomic E-state index is 12.7. The monoisotopic (exact) mass is 511 g/mol. The highest BCUT2D eigenvalue weighted by atomic mass is 32.2. The Hall–Kier alpha value is -4.16. The standard InChI is InChI=1S/C24H25N5O6S/c1-3-11-29-21(19(13-30)26-22(32)15-7-9-18(35-2)10-8-15)27-28-24(29)36-14-20(31)25-17-6-4-5-16(12-17)23(33)34/h3-10,12,19,30H,1,11,13-14H2,2H3,(H,25,31)(H,26,32)(H,33,34)/t19-/m0/s1. The predicted octanol–water partition coefficient (Wildman–Crippen LogP) is 2.37. The number of carboxylic acids is 1. The van der Waals surface area contributed by atoms with Crippen molar-refractivity contribution in [2.45, 2.75) is 17.7 Å². The number of carbonyl (C=O) groups is 3. The summed E-state index contributed by atoms with van der Waals surface area (Å²) in [4.78, 5) is 36.2. The van der Waals surface area contributed by atoms with E-state index < -0.39 is 24.5 Å². The van der Waals surface area contributed by atoms with Gasteiger partial charge in [0.2, 0.25) is 5.91 Å². The Morgan fingerprint density at radius 2 is 1.92 bits per heavy atom. The Kier molecular flexibility index (Phi) is 9.19. The van der Waals surface area contributed by atoms with Crippen LogP contribution >= 0.6 is 11.8 Å². The number of ether oxygens (including phenoxy) is 1. The molecule has 0 radical (unpaired) electrons. The van der Waals surface area contributed by atoms with Crippen molar-refractivity contribution in [3.8, 4) is 5.75 Å². The summed E-state index contributed by atoms with van der Waals surface area (Å²) in [6.45, 7) is 3.58. The Bertz CT molecular complexity index is 1240. The third kappa shape index (κ3) is 6.71. The van der Waals surface area contributed by atoms with Gasteiger partial charge >= 0.3 is 5.97 Å². The first kappa shape index (κ1) is 26.4. The molecule has 2 aromatic carbocycles. The molecular formula is C24H25N5O6S. The minimum Gasteiger partial charge on any atom is -0.497 e. The molecule has 0 aliphatic heterocycles. The summed E-state index contributed by atoms with van der Waals surface area (Å²) in [5.74, 6) is -1.00. The third-order valence-corrected chi connectivity index (χ3v) is 5.90. The molecule has 36 heavy (non-hydrogen) atoms. The van der Waals surface area contributed by atoms with Gasteiger partial charge in [0.15, 0.2) is 11.0 Å². The fourth-order valence-electron chi connectivity index (χ4n) is 3.20. The Balaban J connectivity index is 1.69. The summed E-state index contributed by atoms with van der Waals surface area (Å²) in [5, 5.41) is 33.0. The van der Waals surface area contributed by atoms with Crippen LogP contribution < -0.4 is 15.4 Å². The van der Waals surface area contributed by atoms with E-state index in [1.165, 1.54) is 25.3 Å². The van der Waals surface area contributed by atoms with Gasteiger partial charge in [-0.2, -0.15) is 0 Å². The van der Waals surface area contributed by atoms with Crippen LogP contribution in [0.1, 0.15) is 32.6 Å². The number of allylic oxidation sites excluding steroid dienone is 1. The molecule has 1 atom stereocenters. The Morgan fingerprint density at radius 3 is 2.56 bits per heavy atom. The molecule has 3 rings (SSSR count). The average Bonchev–Trinajstić information content (AvgIpc) is 3.28. The summed E-state index contributed by atoms with van der Waals surface area (Å²) in [6, 6.07) is 11.6. The Morgan fingerprint density at radius 1 is 1.17 bits per heavy atom. The second-order valence-corrected chi connectivity index (χ2v) is 8.34. The van der Waals surface area contributed by atoms with E-state index in [9.17, 15) is 19.5 Å². The van der Waals surface area contributed by atoms with Crippen molar-refractivity contribution in [2.75, 3.05) is 24.8 Å². The molecule has 4 N–H and O–H groups in total. The number of nitrogens with zero attached hydrogens (tertiary/aromatic N) is 3. The van der Waals surface area contributed by atoms with Crippen LogP contribution in [0.4, 0.5) is 5.69 Å². The first-order chi connectivity index (χ1) is 17.4. The van der Waals surface area contributed by atoms with Gasteiger partial charge in [0.05, 0.1) is 25.0 Å². The van der Waals surface area contributed by atoms with Gasteiger partial charge in [-0.25, -0.2) is 4.79 Å². The molecule has 0 unspecified atom stereocenters. The molecule has 12 heteroatoms. The summed E-state index contributed by atoms with van der Waals surface area (Å²) >= 11 is 1.10. The van der Waals surface area contributed by atoms with Crippen LogP contribution in [-0.4, -0.2) is 62.2 Å². The van der Waals surface area contributed by atoms with Crippen molar-refractivity contribution in [3.05, 3.63) is 78.1 Å². The SMILES string of the molecule is C=CCn1c(SCC(=O)Nc2cccc(C(=O)O)c2)nnc1[C@H](CO)NC(=O)c1ccc(OC)cc1. The van der Waals surface area contributed by atoms with E-state index in [2.05, 4.69) is 27.4 Å². The second-order valence-electron chi connectivity index (χ2n) is 7.40. The Labute approximate surface area is 211 Å². The predicted molar refractivity (Wildman–Crippen MR) is 133 cm³/mol. The number of nitrogens with one attached hydrogen (secondary N) is 2. The first-order valence-corrected chi connectivity index (χ1v) is 11.7. The number of amides is 2. The highest BCUT2D eigenvalue weighted by Gasteiger charge is 2.23. The highest BCUT2D eigenvalue weighted by Crippen LogP contribution is 2.22. The lowest BCUT2D eigenvalue weighted by Crippen LogP contribution is -2.33. The maximum Gasteiger partial charge on any atom is 0.335 e. The van der Waals surface area contributed by atoms with Crippen LogP contribution in [0.5, 0.6) is 5.75 Å². The number of carbonyl (C=O) groups excluding carboxylic acids is 2. The van der Waals surface area contributed by atoms with E-state index in [1.807, 2.05) is 0 Å². The molecule has 3 aromatic rings. The minimum absolute atomic E-state index is 0.0332. The molecule has 0 saturated heterocycles. The van der Waals surface area contributed by atoms with Gasteiger partial charge in [0.1, 0.15) is 11.8 Å². The molecule has 1 aromatic heterocycles. The van der Waals surface area contributed by atoms with Crippen molar-refractivity contribution in [1.29, 1.82) is 0 Å². The van der Waals surface area contributed by atoms with Crippen LogP contribution in [0, 0.1) is 0 Å². The number of carboxylic acid groups (broad SMARTS) is 1. The minimum atomic E-state index is -1.09. The van der Waals surface area contributed by atoms with Crippen molar-refractivity contribution in [1.82, 2.24) is 20.1 Å². The number of aromatic carboxylic acids is 1. The molecular weight excluding hydrogens is 486 g/mol. The van der Waals surface area contributed by atoms with Crippen LogP contribution in [-0.2, 0) is 11.3 Å². The number of aliphatic hydroxyl groups is 1. The zero-order chi connectivity index (χ0) is 26.1.